The first-order valence-corrected chi connectivity index (χ1v) is 8.87. The Kier molecular flexibility index (Phi) is 4.02. The summed E-state index contributed by atoms with van der Waals surface area (Å²) in [5.41, 5.74) is 1.44. The van der Waals surface area contributed by atoms with Gasteiger partial charge in [0.05, 0.1) is 10.2 Å². The molecule has 0 bridgehead atoms. The molecule has 0 saturated heterocycles. The van der Waals surface area contributed by atoms with Crippen molar-refractivity contribution >= 4 is 54.4 Å². The van der Waals surface area contributed by atoms with Crippen molar-refractivity contribution in [1.29, 1.82) is 10.8 Å². The summed E-state index contributed by atoms with van der Waals surface area (Å²) >= 11 is 4.86. The van der Waals surface area contributed by atoms with Gasteiger partial charge >= 0.3 is 0 Å². The number of ether oxygens (including phenoxy) is 2. The molecule has 1 aliphatic rings. The number of hydrogen-bond donors (Lipinski definition) is 4. The van der Waals surface area contributed by atoms with Gasteiger partial charge in [-0.1, -0.05) is 23.5 Å². The molecule has 0 radical (unpaired) electrons. The number of aromatic nitrogens is 1. The van der Waals surface area contributed by atoms with Gasteiger partial charge in [0.1, 0.15) is 5.84 Å². The van der Waals surface area contributed by atoms with Crippen LogP contribution in [0.3, 0.4) is 0 Å². The van der Waals surface area contributed by atoms with Gasteiger partial charge in [-0.3, -0.25) is 10.8 Å². The van der Waals surface area contributed by atoms with E-state index in [0.29, 0.717) is 26.7 Å². The van der Waals surface area contributed by atoms with Crippen molar-refractivity contribution in [3.63, 3.8) is 0 Å². The van der Waals surface area contributed by atoms with Crippen molar-refractivity contribution in [2.45, 2.75) is 0 Å². The van der Waals surface area contributed by atoms with Crippen LogP contribution in [0.1, 0.15) is 5.56 Å². The molecule has 0 atom stereocenters. The summed E-state index contributed by atoms with van der Waals surface area (Å²) in [6.07, 6.45) is 0. The average molecular weight is 418 g/mol. The van der Waals surface area contributed by atoms with Gasteiger partial charge in [-0.2, -0.15) is 0 Å². The van der Waals surface area contributed by atoms with Crippen LogP contribution in [0, 0.1) is 10.8 Å². The number of rotatable bonds is 2. The first-order valence-electron chi connectivity index (χ1n) is 7.26. The first-order chi connectivity index (χ1) is 12.1. The fourth-order valence-corrected chi connectivity index (χ4v) is 3.76. The molecule has 4 N–H and O–H groups in total. The minimum Gasteiger partial charge on any atom is -0.454 e. The van der Waals surface area contributed by atoms with Crippen LogP contribution >= 0.6 is 27.3 Å². The third kappa shape index (κ3) is 3.15. The Bertz CT molecular complexity index is 970. The molecular weight excluding hydrogens is 406 g/mol. The number of guanidine groups is 1. The van der Waals surface area contributed by atoms with E-state index in [2.05, 4.69) is 31.5 Å². The lowest BCUT2D eigenvalue weighted by atomic mass is 10.2. The highest BCUT2D eigenvalue weighted by molar-refractivity contribution is 9.10. The number of anilines is 1. The number of thiazole rings is 1. The number of amidine groups is 1. The van der Waals surface area contributed by atoms with E-state index in [1.165, 1.54) is 11.3 Å². The fourth-order valence-electron chi connectivity index (χ4n) is 2.36. The van der Waals surface area contributed by atoms with Gasteiger partial charge in [0, 0.05) is 10.0 Å². The summed E-state index contributed by atoms with van der Waals surface area (Å²) in [5.74, 6) is 1.24. The van der Waals surface area contributed by atoms with E-state index in [0.717, 1.165) is 10.2 Å². The van der Waals surface area contributed by atoms with Crippen LogP contribution in [0.2, 0.25) is 0 Å². The first kappa shape index (κ1) is 15.9. The van der Waals surface area contributed by atoms with Gasteiger partial charge in [-0.25, -0.2) is 4.98 Å². The molecule has 25 heavy (non-hydrogen) atoms. The molecule has 0 unspecified atom stereocenters. The standard InChI is InChI=1S/C16H12BrN5O2S/c17-9-6-12-11(23-7-24-12)5-8(9)14(18)21-15(19)22-16-20-10-3-1-2-4-13(10)25-16/h1-6H,7H2,(H4,18,19,20,21,22). The highest BCUT2D eigenvalue weighted by Gasteiger charge is 2.19. The molecule has 126 valence electrons. The molecule has 4 rings (SSSR count). The molecule has 2 heterocycles. The second-order valence-corrected chi connectivity index (χ2v) is 7.06. The number of para-hydroxylation sites is 1. The lowest BCUT2D eigenvalue weighted by Crippen LogP contribution is -2.35. The van der Waals surface area contributed by atoms with E-state index in [1.54, 1.807) is 12.1 Å². The van der Waals surface area contributed by atoms with Crippen LogP contribution in [0.25, 0.3) is 10.2 Å². The van der Waals surface area contributed by atoms with E-state index in [4.69, 9.17) is 20.3 Å². The maximum Gasteiger partial charge on any atom is 0.231 e. The summed E-state index contributed by atoms with van der Waals surface area (Å²) in [7, 11) is 0. The minimum absolute atomic E-state index is 0.0337. The number of hydrogen-bond acceptors (Lipinski definition) is 6. The van der Waals surface area contributed by atoms with E-state index in [9.17, 15) is 0 Å². The quantitative estimate of drug-likeness (QED) is 0.375. The molecule has 0 amide bonds. The molecule has 7 nitrogen and oxygen atoms in total. The maximum absolute atomic E-state index is 8.20. The van der Waals surface area contributed by atoms with Crippen molar-refractivity contribution in [2.24, 2.45) is 0 Å². The molecule has 1 aliphatic heterocycles. The van der Waals surface area contributed by atoms with Crippen molar-refractivity contribution in [3.05, 3.63) is 46.4 Å². The molecule has 1 aromatic heterocycles. The van der Waals surface area contributed by atoms with E-state index < -0.39 is 0 Å². The highest BCUT2D eigenvalue weighted by atomic mass is 79.9. The van der Waals surface area contributed by atoms with E-state index >= 15 is 0 Å². The van der Waals surface area contributed by atoms with Crippen LogP contribution in [0.4, 0.5) is 5.13 Å². The van der Waals surface area contributed by atoms with Gasteiger partial charge in [-0.15, -0.1) is 0 Å². The summed E-state index contributed by atoms with van der Waals surface area (Å²) in [6.45, 7) is 0.168. The van der Waals surface area contributed by atoms with Crippen molar-refractivity contribution in [2.75, 3.05) is 12.1 Å². The molecule has 9 heteroatoms. The number of halogens is 1. The summed E-state index contributed by atoms with van der Waals surface area (Å²) in [5, 5.41) is 22.4. The predicted octanol–water partition coefficient (Wildman–Crippen LogP) is 3.75. The zero-order chi connectivity index (χ0) is 17.4. The number of fused-ring (bicyclic) bond motifs is 2. The number of nitrogens with one attached hydrogen (secondary N) is 4. The fraction of sp³-hybridized carbons (Fsp3) is 0.0625. The maximum atomic E-state index is 8.20. The van der Waals surface area contributed by atoms with Crippen molar-refractivity contribution in [3.8, 4) is 11.5 Å². The highest BCUT2D eigenvalue weighted by Crippen LogP contribution is 2.36. The van der Waals surface area contributed by atoms with E-state index in [-0.39, 0.29) is 18.6 Å². The Morgan fingerprint density at radius 3 is 2.72 bits per heavy atom. The van der Waals surface area contributed by atoms with Gasteiger partial charge in [0.25, 0.3) is 0 Å². The summed E-state index contributed by atoms with van der Waals surface area (Å²) in [6, 6.07) is 11.2. The molecule has 2 aromatic carbocycles. The molecule has 3 aromatic rings. The summed E-state index contributed by atoms with van der Waals surface area (Å²) < 4.78 is 12.3. The lowest BCUT2D eigenvalue weighted by molar-refractivity contribution is 0.174. The van der Waals surface area contributed by atoms with Gasteiger partial charge in [0.15, 0.2) is 22.6 Å². The second kappa shape index (κ2) is 6.34. The van der Waals surface area contributed by atoms with Crippen molar-refractivity contribution < 1.29 is 9.47 Å². The number of nitrogens with zero attached hydrogens (tertiary/aromatic N) is 1. The van der Waals surface area contributed by atoms with Gasteiger partial charge in [-0.05, 0) is 40.2 Å². The Morgan fingerprint density at radius 2 is 1.92 bits per heavy atom. The average Bonchev–Trinajstić information content (AvgIpc) is 3.18. The normalized spacial score (nSPS) is 12.2. The molecule has 0 fully saturated rings. The van der Waals surface area contributed by atoms with Crippen LogP contribution in [0.5, 0.6) is 11.5 Å². The van der Waals surface area contributed by atoms with Crippen LogP contribution in [0.15, 0.2) is 40.9 Å². The Hall–Kier alpha value is -2.65. The lowest BCUT2D eigenvalue weighted by Gasteiger charge is -2.11. The monoisotopic (exact) mass is 417 g/mol. The number of benzene rings is 2. The zero-order valence-corrected chi connectivity index (χ0v) is 15.1. The van der Waals surface area contributed by atoms with Crippen LogP contribution < -0.4 is 20.1 Å². The topological polar surface area (TPSA) is 103 Å². The third-order valence-corrected chi connectivity index (χ3v) is 5.12. The molecule has 0 saturated carbocycles. The largest absolute Gasteiger partial charge is 0.454 e. The smallest absolute Gasteiger partial charge is 0.231 e. The molecule has 0 aliphatic carbocycles. The Balaban J connectivity index is 1.48. The van der Waals surface area contributed by atoms with Crippen LogP contribution in [-0.4, -0.2) is 23.6 Å². The zero-order valence-electron chi connectivity index (χ0n) is 12.7. The van der Waals surface area contributed by atoms with Crippen LogP contribution in [-0.2, 0) is 0 Å². The summed E-state index contributed by atoms with van der Waals surface area (Å²) in [4.78, 5) is 4.41. The Labute approximate surface area is 155 Å². The van der Waals surface area contributed by atoms with E-state index in [1.807, 2.05) is 24.3 Å². The Morgan fingerprint density at radius 1 is 1.16 bits per heavy atom. The predicted molar refractivity (Wildman–Crippen MR) is 101 cm³/mol. The van der Waals surface area contributed by atoms with Gasteiger partial charge in [0.2, 0.25) is 6.79 Å². The molecular formula is C16H12BrN5O2S. The third-order valence-electron chi connectivity index (χ3n) is 3.51. The SMILES string of the molecule is N=C(NC(=N)c1cc2c(cc1Br)OCO2)Nc1nc2ccccc2s1. The molecule has 0 spiro atoms. The second-order valence-electron chi connectivity index (χ2n) is 5.17. The van der Waals surface area contributed by atoms with Crippen molar-refractivity contribution in [1.82, 2.24) is 10.3 Å². The van der Waals surface area contributed by atoms with Gasteiger partial charge < -0.3 is 20.1 Å². The minimum atomic E-state index is -0.0337.